The van der Waals surface area contributed by atoms with E-state index in [1.54, 1.807) is 19.1 Å². The van der Waals surface area contributed by atoms with Gasteiger partial charge in [0.25, 0.3) is 0 Å². The van der Waals surface area contributed by atoms with Crippen molar-refractivity contribution in [3.63, 3.8) is 0 Å². The normalized spacial score (nSPS) is 10.3. The Morgan fingerprint density at radius 3 is 2.75 bits per heavy atom. The van der Waals surface area contributed by atoms with E-state index >= 15 is 0 Å². The lowest BCUT2D eigenvalue weighted by Crippen LogP contribution is -2.10. The maximum Gasteiger partial charge on any atom is 0.311 e. The van der Waals surface area contributed by atoms with Gasteiger partial charge in [-0.2, -0.15) is 0 Å². The van der Waals surface area contributed by atoms with Crippen LogP contribution in [0.5, 0.6) is 5.75 Å². The molecule has 0 fully saturated rings. The molecule has 0 bridgehead atoms. The Morgan fingerprint density at radius 2 is 2.10 bits per heavy atom. The van der Waals surface area contributed by atoms with Crippen molar-refractivity contribution in [1.29, 1.82) is 0 Å². The highest BCUT2D eigenvalue weighted by Gasteiger charge is 2.14. The minimum absolute atomic E-state index is 0.0170. The Balaban J connectivity index is 2.50. The second-order valence-corrected chi connectivity index (χ2v) is 4.27. The summed E-state index contributed by atoms with van der Waals surface area (Å²) in [5.74, 6) is 0.286. The van der Waals surface area contributed by atoms with Crippen molar-refractivity contribution < 1.29 is 14.4 Å². The minimum Gasteiger partial charge on any atom is -0.487 e. The van der Waals surface area contributed by atoms with E-state index < -0.39 is 4.92 Å². The number of anilines is 1. The number of nitro groups is 1. The van der Waals surface area contributed by atoms with Crippen molar-refractivity contribution in [2.45, 2.75) is 26.7 Å². The van der Waals surface area contributed by atoms with Gasteiger partial charge >= 0.3 is 5.69 Å². The van der Waals surface area contributed by atoms with Crippen LogP contribution in [0.15, 0.2) is 18.2 Å². The van der Waals surface area contributed by atoms with Gasteiger partial charge in [-0.15, -0.1) is 0 Å². The maximum absolute atomic E-state index is 10.9. The fourth-order valence-electron chi connectivity index (χ4n) is 1.66. The second-order valence-electron chi connectivity index (χ2n) is 4.27. The fraction of sp³-hybridized carbons (Fsp3) is 0.571. The summed E-state index contributed by atoms with van der Waals surface area (Å²) in [6.45, 7) is 6.35. The molecule has 6 nitrogen and oxygen atoms in total. The predicted molar refractivity (Wildman–Crippen MR) is 78.5 cm³/mol. The van der Waals surface area contributed by atoms with Crippen LogP contribution in [0, 0.1) is 10.1 Å². The second kappa shape index (κ2) is 9.14. The van der Waals surface area contributed by atoms with Gasteiger partial charge < -0.3 is 14.8 Å². The number of nitrogens with one attached hydrogen (secondary N) is 1. The van der Waals surface area contributed by atoms with Crippen LogP contribution in [0.3, 0.4) is 0 Å². The Hall–Kier alpha value is -1.82. The molecule has 1 aromatic rings. The summed E-state index contributed by atoms with van der Waals surface area (Å²) in [6, 6.07) is 4.77. The first-order valence-corrected chi connectivity index (χ1v) is 6.91. The summed E-state index contributed by atoms with van der Waals surface area (Å²) in [6.07, 6.45) is 2.18. The average molecular weight is 282 g/mol. The van der Waals surface area contributed by atoms with E-state index in [-0.39, 0.29) is 11.4 Å². The molecule has 20 heavy (non-hydrogen) atoms. The summed E-state index contributed by atoms with van der Waals surface area (Å²) in [7, 11) is 0. The summed E-state index contributed by atoms with van der Waals surface area (Å²) < 4.78 is 10.7. The molecule has 0 spiro atoms. The molecule has 0 aliphatic carbocycles. The number of rotatable bonds is 10. The first kappa shape index (κ1) is 16.2. The summed E-state index contributed by atoms with van der Waals surface area (Å²) >= 11 is 0. The quantitative estimate of drug-likeness (QED) is 0.405. The lowest BCUT2D eigenvalue weighted by atomic mass is 10.2. The molecule has 0 aliphatic rings. The van der Waals surface area contributed by atoms with Crippen molar-refractivity contribution in [1.82, 2.24) is 0 Å². The van der Waals surface area contributed by atoms with Gasteiger partial charge in [-0.3, -0.25) is 10.1 Å². The molecule has 0 saturated carbocycles. The van der Waals surface area contributed by atoms with Crippen LogP contribution in [0.4, 0.5) is 11.4 Å². The number of nitrogens with zero attached hydrogens (tertiary/aromatic N) is 1. The van der Waals surface area contributed by atoms with E-state index in [0.717, 1.165) is 25.1 Å². The van der Waals surface area contributed by atoms with Crippen molar-refractivity contribution in [2.24, 2.45) is 0 Å². The van der Waals surface area contributed by atoms with Crippen LogP contribution >= 0.6 is 0 Å². The summed E-state index contributed by atoms with van der Waals surface area (Å²) in [4.78, 5) is 10.4. The topological polar surface area (TPSA) is 73.6 Å². The fourth-order valence-corrected chi connectivity index (χ4v) is 1.66. The molecule has 1 aromatic carbocycles. The van der Waals surface area contributed by atoms with Crippen molar-refractivity contribution >= 4 is 11.4 Å². The van der Waals surface area contributed by atoms with Gasteiger partial charge in [-0.05, 0) is 19.4 Å². The van der Waals surface area contributed by atoms with Crippen molar-refractivity contribution in [3.05, 3.63) is 28.3 Å². The highest BCUT2D eigenvalue weighted by molar-refractivity contribution is 5.57. The molecule has 0 unspecified atom stereocenters. The monoisotopic (exact) mass is 282 g/mol. The average Bonchev–Trinajstić information content (AvgIpc) is 2.43. The molecule has 1 N–H and O–H groups in total. The number of nitro benzene ring substituents is 1. The van der Waals surface area contributed by atoms with E-state index in [4.69, 9.17) is 9.47 Å². The van der Waals surface area contributed by atoms with Crippen LogP contribution < -0.4 is 10.1 Å². The zero-order valence-corrected chi connectivity index (χ0v) is 12.1. The molecule has 0 heterocycles. The molecular formula is C14H22N2O4. The van der Waals surface area contributed by atoms with Crippen molar-refractivity contribution in [2.75, 3.05) is 31.7 Å². The zero-order chi connectivity index (χ0) is 14.8. The molecule has 0 aliphatic heterocycles. The standard InChI is InChI=1S/C14H22N2O4/c1-3-5-9-19-10-8-15-12-6-7-13(16(17)18)14(11-12)20-4-2/h6-7,11,15H,3-5,8-10H2,1-2H3. The minimum atomic E-state index is -0.442. The highest BCUT2D eigenvalue weighted by atomic mass is 16.6. The van der Waals surface area contributed by atoms with E-state index in [2.05, 4.69) is 12.2 Å². The van der Waals surface area contributed by atoms with Crippen LogP contribution in [-0.4, -0.2) is 31.3 Å². The van der Waals surface area contributed by atoms with Gasteiger partial charge in [0.2, 0.25) is 0 Å². The largest absolute Gasteiger partial charge is 0.487 e. The van der Waals surface area contributed by atoms with E-state index in [9.17, 15) is 10.1 Å². The zero-order valence-electron chi connectivity index (χ0n) is 12.1. The Kier molecular flexibility index (Phi) is 7.42. The summed E-state index contributed by atoms with van der Waals surface area (Å²) in [5.41, 5.74) is 0.773. The smallest absolute Gasteiger partial charge is 0.311 e. The van der Waals surface area contributed by atoms with Gasteiger partial charge in [-0.25, -0.2) is 0 Å². The Morgan fingerprint density at radius 1 is 1.30 bits per heavy atom. The lowest BCUT2D eigenvalue weighted by molar-refractivity contribution is -0.385. The first-order valence-electron chi connectivity index (χ1n) is 6.91. The van der Waals surface area contributed by atoms with E-state index in [0.29, 0.717) is 19.8 Å². The van der Waals surface area contributed by atoms with Gasteiger partial charge in [0.1, 0.15) is 0 Å². The molecule has 6 heteroatoms. The van der Waals surface area contributed by atoms with Crippen LogP contribution in [0.25, 0.3) is 0 Å². The van der Waals surface area contributed by atoms with Gasteiger partial charge in [0.05, 0.1) is 18.1 Å². The SMILES string of the molecule is CCCCOCCNc1ccc([N+](=O)[O-])c(OCC)c1. The lowest BCUT2D eigenvalue weighted by Gasteiger charge is -2.09. The molecular weight excluding hydrogens is 260 g/mol. The first-order chi connectivity index (χ1) is 9.69. The van der Waals surface area contributed by atoms with Crippen LogP contribution in [0.2, 0.25) is 0 Å². The number of hydrogen-bond acceptors (Lipinski definition) is 5. The van der Waals surface area contributed by atoms with Crippen LogP contribution in [0.1, 0.15) is 26.7 Å². The number of hydrogen-bond donors (Lipinski definition) is 1. The third-order valence-electron chi connectivity index (χ3n) is 2.67. The van der Waals surface area contributed by atoms with Crippen LogP contribution in [-0.2, 0) is 4.74 Å². The van der Waals surface area contributed by atoms with Gasteiger partial charge in [0, 0.05) is 31.0 Å². The predicted octanol–water partition coefficient (Wildman–Crippen LogP) is 3.22. The molecule has 0 atom stereocenters. The van der Waals surface area contributed by atoms with Gasteiger partial charge in [0.15, 0.2) is 5.75 Å². The number of unbranched alkanes of at least 4 members (excludes halogenated alkanes) is 1. The maximum atomic E-state index is 10.9. The molecule has 0 radical (unpaired) electrons. The molecule has 112 valence electrons. The Bertz CT molecular complexity index is 424. The molecule has 1 rings (SSSR count). The third-order valence-corrected chi connectivity index (χ3v) is 2.67. The van der Waals surface area contributed by atoms with Crippen molar-refractivity contribution in [3.8, 4) is 5.75 Å². The van der Waals surface area contributed by atoms with Gasteiger partial charge in [-0.1, -0.05) is 13.3 Å². The van der Waals surface area contributed by atoms with E-state index in [1.807, 2.05) is 0 Å². The molecule has 0 saturated heterocycles. The van der Waals surface area contributed by atoms with E-state index in [1.165, 1.54) is 6.07 Å². The molecule has 0 amide bonds. The Labute approximate surface area is 119 Å². The molecule has 0 aromatic heterocycles. The highest BCUT2D eigenvalue weighted by Crippen LogP contribution is 2.29. The number of benzene rings is 1. The number of ether oxygens (including phenoxy) is 2. The summed E-state index contributed by atoms with van der Waals surface area (Å²) in [5, 5.41) is 14.0. The third kappa shape index (κ3) is 5.44.